The lowest BCUT2D eigenvalue weighted by Gasteiger charge is -2.19. The van der Waals surface area contributed by atoms with E-state index in [-0.39, 0.29) is 17.9 Å². The van der Waals surface area contributed by atoms with Gasteiger partial charge >= 0.3 is 5.97 Å². The molecule has 0 fully saturated rings. The van der Waals surface area contributed by atoms with Crippen LogP contribution < -0.4 is 10.6 Å². The van der Waals surface area contributed by atoms with E-state index in [1.807, 2.05) is 67.8 Å². The third-order valence-electron chi connectivity index (χ3n) is 2.47. The van der Waals surface area contributed by atoms with Crippen molar-refractivity contribution in [3.05, 3.63) is 16.3 Å². The number of nitrogens with one attached hydrogen (secondary N) is 2. The fraction of sp³-hybridized carbons (Fsp3) is 0.357. The SMILES string of the molecule is CC(=O)Nc1c(I)c(NC(C)=O)c(I)c(C(=O)OC(C)C)c1I. The molecule has 0 spiro atoms. The van der Waals surface area contributed by atoms with Crippen LogP contribution in [0, 0.1) is 10.7 Å². The Kier molecular flexibility index (Phi) is 7.97. The summed E-state index contributed by atoms with van der Waals surface area (Å²) in [5.41, 5.74) is 1.30. The van der Waals surface area contributed by atoms with E-state index in [9.17, 15) is 14.4 Å². The van der Waals surface area contributed by atoms with Crippen LogP contribution in [0.2, 0.25) is 0 Å². The van der Waals surface area contributed by atoms with Gasteiger partial charge in [-0.15, -0.1) is 0 Å². The van der Waals surface area contributed by atoms with Crippen LogP contribution in [0.4, 0.5) is 11.4 Å². The van der Waals surface area contributed by atoms with Crippen LogP contribution in [-0.4, -0.2) is 23.9 Å². The van der Waals surface area contributed by atoms with Crippen molar-refractivity contribution in [3.8, 4) is 0 Å². The second-order valence-electron chi connectivity index (χ2n) is 4.88. The summed E-state index contributed by atoms with van der Waals surface area (Å²) >= 11 is 6.03. The molecule has 0 aliphatic rings. The van der Waals surface area contributed by atoms with Crippen LogP contribution in [0.3, 0.4) is 0 Å². The Morgan fingerprint density at radius 2 is 1.26 bits per heavy atom. The third kappa shape index (κ3) is 5.41. The summed E-state index contributed by atoms with van der Waals surface area (Å²) in [7, 11) is 0. The highest BCUT2D eigenvalue weighted by atomic mass is 127. The highest BCUT2D eigenvalue weighted by Gasteiger charge is 2.27. The van der Waals surface area contributed by atoms with E-state index < -0.39 is 5.97 Å². The Balaban J connectivity index is 3.63. The molecule has 23 heavy (non-hydrogen) atoms. The highest BCUT2D eigenvalue weighted by molar-refractivity contribution is 14.1. The average molecular weight is 656 g/mol. The molecule has 0 atom stereocenters. The predicted octanol–water partition coefficient (Wildman–Crippen LogP) is 3.98. The minimum Gasteiger partial charge on any atom is -0.459 e. The third-order valence-corrected chi connectivity index (χ3v) is 5.70. The average Bonchev–Trinajstić information content (AvgIpc) is 2.38. The lowest BCUT2D eigenvalue weighted by atomic mass is 10.1. The van der Waals surface area contributed by atoms with Gasteiger partial charge < -0.3 is 15.4 Å². The first kappa shape index (κ1) is 20.9. The lowest BCUT2D eigenvalue weighted by molar-refractivity contribution is -0.115. The molecule has 9 heteroatoms. The molecule has 2 amide bonds. The molecule has 0 heterocycles. The molecular formula is C14H15I3N2O4. The summed E-state index contributed by atoms with van der Waals surface area (Å²) < 4.78 is 7.09. The van der Waals surface area contributed by atoms with Crippen molar-refractivity contribution in [1.82, 2.24) is 0 Å². The zero-order chi connectivity index (χ0) is 17.9. The molecule has 0 unspecified atom stereocenters. The van der Waals surface area contributed by atoms with Gasteiger partial charge in [-0.05, 0) is 81.6 Å². The van der Waals surface area contributed by atoms with E-state index >= 15 is 0 Å². The number of halogens is 3. The molecule has 6 nitrogen and oxygen atoms in total. The van der Waals surface area contributed by atoms with Crippen LogP contribution >= 0.6 is 67.8 Å². The van der Waals surface area contributed by atoms with Gasteiger partial charge in [0.1, 0.15) is 0 Å². The highest BCUT2D eigenvalue weighted by Crippen LogP contribution is 2.39. The first-order valence-corrected chi connectivity index (χ1v) is 9.76. The van der Waals surface area contributed by atoms with Crippen LogP contribution in [0.25, 0.3) is 0 Å². The van der Waals surface area contributed by atoms with E-state index in [1.54, 1.807) is 13.8 Å². The maximum atomic E-state index is 12.4. The number of hydrogen-bond acceptors (Lipinski definition) is 4. The molecule has 1 rings (SSSR count). The molecule has 1 aromatic rings. The van der Waals surface area contributed by atoms with Crippen LogP contribution in [-0.2, 0) is 14.3 Å². The van der Waals surface area contributed by atoms with Crippen molar-refractivity contribution < 1.29 is 19.1 Å². The Hall–Kier alpha value is -0.180. The fourth-order valence-electron chi connectivity index (χ4n) is 1.69. The van der Waals surface area contributed by atoms with E-state index in [0.29, 0.717) is 27.6 Å². The standard InChI is InChI=1S/C14H15I3N2O4/c1-5(2)23-14(22)8-9(15)12(18-6(3)20)11(17)13(10(8)16)19-7(4)21/h5H,1-4H3,(H,18,20)(H,19,21). The summed E-state index contributed by atoms with van der Waals surface area (Å²) in [5.74, 6) is -1.03. The minimum atomic E-state index is -0.497. The number of carbonyl (C=O) groups is 3. The number of carbonyl (C=O) groups excluding carboxylic acids is 3. The lowest BCUT2D eigenvalue weighted by Crippen LogP contribution is -2.20. The van der Waals surface area contributed by atoms with Crippen molar-refractivity contribution in [2.45, 2.75) is 33.8 Å². The van der Waals surface area contributed by atoms with Crippen LogP contribution in [0.5, 0.6) is 0 Å². The largest absolute Gasteiger partial charge is 0.459 e. The molecule has 1 aromatic carbocycles. The molecule has 0 saturated carbocycles. The van der Waals surface area contributed by atoms with Crippen molar-refractivity contribution in [2.24, 2.45) is 0 Å². The number of hydrogen-bond donors (Lipinski definition) is 2. The fourth-order valence-corrected chi connectivity index (χ4v) is 5.83. The Morgan fingerprint density at radius 1 is 0.870 bits per heavy atom. The van der Waals surface area contributed by atoms with Gasteiger partial charge in [0.15, 0.2) is 0 Å². The van der Waals surface area contributed by atoms with E-state index in [0.717, 1.165) is 0 Å². The molecule has 0 aliphatic heterocycles. The normalized spacial score (nSPS) is 10.4. The zero-order valence-corrected chi connectivity index (χ0v) is 19.3. The molecule has 0 aromatic heterocycles. The van der Waals surface area contributed by atoms with Gasteiger partial charge in [0.05, 0.1) is 33.8 Å². The maximum absolute atomic E-state index is 12.4. The van der Waals surface area contributed by atoms with E-state index in [4.69, 9.17) is 4.74 Å². The van der Waals surface area contributed by atoms with Gasteiger partial charge in [0, 0.05) is 13.8 Å². The monoisotopic (exact) mass is 656 g/mol. The topological polar surface area (TPSA) is 84.5 Å². The number of ether oxygens (including phenoxy) is 1. The van der Waals surface area contributed by atoms with Gasteiger partial charge in [-0.25, -0.2) is 4.79 Å². The summed E-state index contributed by atoms with van der Waals surface area (Å²) in [6, 6.07) is 0. The van der Waals surface area contributed by atoms with E-state index in [2.05, 4.69) is 10.6 Å². The first-order valence-electron chi connectivity index (χ1n) is 6.52. The Bertz CT molecular complexity index is 631. The van der Waals surface area contributed by atoms with Crippen molar-refractivity contribution in [3.63, 3.8) is 0 Å². The summed E-state index contributed by atoms with van der Waals surface area (Å²) in [5, 5.41) is 5.43. The summed E-state index contributed by atoms with van der Waals surface area (Å²) in [6.07, 6.45) is -0.276. The molecule has 126 valence electrons. The summed E-state index contributed by atoms with van der Waals surface area (Å²) in [4.78, 5) is 35.4. The molecule has 0 saturated heterocycles. The van der Waals surface area contributed by atoms with Crippen molar-refractivity contribution in [1.29, 1.82) is 0 Å². The van der Waals surface area contributed by atoms with E-state index in [1.165, 1.54) is 13.8 Å². The smallest absolute Gasteiger partial charge is 0.340 e. The zero-order valence-electron chi connectivity index (χ0n) is 12.8. The number of amides is 2. The number of benzene rings is 1. The van der Waals surface area contributed by atoms with Crippen molar-refractivity contribution >= 4 is 96.9 Å². The second kappa shape index (κ2) is 8.78. The van der Waals surface area contributed by atoms with Crippen molar-refractivity contribution in [2.75, 3.05) is 10.6 Å². The minimum absolute atomic E-state index is 0.265. The Labute approximate surface area is 175 Å². The van der Waals surface area contributed by atoms with Gasteiger partial charge in [-0.3, -0.25) is 9.59 Å². The quantitative estimate of drug-likeness (QED) is 0.380. The van der Waals surface area contributed by atoms with Gasteiger partial charge in [-0.2, -0.15) is 0 Å². The number of esters is 1. The van der Waals surface area contributed by atoms with Crippen LogP contribution in [0.15, 0.2) is 0 Å². The Morgan fingerprint density at radius 3 is 1.57 bits per heavy atom. The van der Waals surface area contributed by atoms with Gasteiger partial charge in [-0.1, -0.05) is 0 Å². The molecule has 0 radical (unpaired) electrons. The molecule has 0 aliphatic carbocycles. The maximum Gasteiger partial charge on any atom is 0.340 e. The number of rotatable bonds is 4. The molecule has 2 N–H and O–H groups in total. The van der Waals surface area contributed by atoms with Crippen LogP contribution in [0.1, 0.15) is 38.1 Å². The number of anilines is 2. The second-order valence-corrected chi connectivity index (χ2v) is 8.12. The predicted molar refractivity (Wildman–Crippen MR) is 114 cm³/mol. The summed E-state index contributed by atoms with van der Waals surface area (Å²) in [6.45, 7) is 6.28. The van der Waals surface area contributed by atoms with Gasteiger partial charge in [0.25, 0.3) is 0 Å². The first-order chi connectivity index (χ1) is 10.6. The molecular weight excluding hydrogens is 641 g/mol. The van der Waals surface area contributed by atoms with Gasteiger partial charge in [0.2, 0.25) is 11.8 Å². The molecule has 0 bridgehead atoms.